The molecule has 0 saturated heterocycles. The maximum absolute atomic E-state index is 5.23. The molecule has 0 heterocycles. The molecule has 0 fully saturated rings. The summed E-state index contributed by atoms with van der Waals surface area (Å²) in [4.78, 5) is 0. The number of ether oxygens (including phenoxy) is 2. The lowest BCUT2D eigenvalue weighted by atomic mass is 9.84. The van der Waals surface area contributed by atoms with Crippen molar-refractivity contribution in [2.24, 2.45) is 0 Å². The van der Waals surface area contributed by atoms with Gasteiger partial charge in [0.05, 0.1) is 18.3 Å². The molecule has 0 atom stereocenters. The number of halogens is 1. The molecule has 0 amide bonds. The number of nitrogens with one attached hydrogen (secondary N) is 1. The number of benzene rings is 1. The van der Waals surface area contributed by atoms with Gasteiger partial charge in [-0.15, -0.1) is 0 Å². The van der Waals surface area contributed by atoms with Gasteiger partial charge in [-0.1, -0.05) is 19.9 Å². The quantitative estimate of drug-likeness (QED) is 0.647. The van der Waals surface area contributed by atoms with E-state index in [4.69, 9.17) is 9.47 Å². The minimum absolute atomic E-state index is 0.0489. The van der Waals surface area contributed by atoms with Crippen molar-refractivity contribution in [3.8, 4) is 5.75 Å². The van der Waals surface area contributed by atoms with Crippen molar-refractivity contribution < 1.29 is 9.47 Å². The third kappa shape index (κ3) is 3.98. The number of hydrogen-bond donors (Lipinski definition) is 1. The minimum Gasteiger partial charge on any atom is -0.496 e. The molecule has 1 aromatic carbocycles. The molecule has 96 valence electrons. The Balaban J connectivity index is 2.80. The average molecular weight is 302 g/mol. The first-order valence-electron chi connectivity index (χ1n) is 5.55. The summed E-state index contributed by atoms with van der Waals surface area (Å²) in [6, 6.07) is 6.18. The van der Waals surface area contributed by atoms with Gasteiger partial charge in [0.25, 0.3) is 0 Å². The Hall–Kier alpha value is -0.580. The first-order valence-corrected chi connectivity index (χ1v) is 6.34. The van der Waals surface area contributed by atoms with Crippen LogP contribution in [0.25, 0.3) is 0 Å². The summed E-state index contributed by atoms with van der Waals surface area (Å²) in [6.45, 7) is 5.83. The van der Waals surface area contributed by atoms with Crippen LogP contribution in [0.2, 0.25) is 0 Å². The van der Waals surface area contributed by atoms with E-state index in [2.05, 4.69) is 47.2 Å². The number of rotatable bonds is 6. The standard InChI is InChI=1S/C13H20BrNO2/c1-13(2,8-15-9-16-3)10-5-6-12(17-4)11(14)7-10/h5-7,15H,8-9H2,1-4H3. The van der Waals surface area contributed by atoms with Crippen LogP contribution in [-0.2, 0) is 10.2 Å². The van der Waals surface area contributed by atoms with Crippen molar-refractivity contribution in [3.05, 3.63) is 28.2 Å². The highest BCUT2D eigenvalue weighted by atomic mass is 79.9. The number of hydrogen-bond acceptors (Lipinski definition) is 3. The molecular weight excluding hydrogens is 282 g/mol. The van der Waals surface area contributed by atoms with Crippen LogP contribution in [-0.4, -0.2) is 27.5 Å². The second kappa shape index (κ2) is 6.38. The van der Waals surface area contributed by atoms with E-state index in [0.29, 0.717) is 6.73 Å². The van der Waals surface area contributed by atoms with E-state index in [1.807, 2.05) is 6.07 Å². The molecule has 17 heavy (non-hydrogen) atoms. The predicted molar refractivity (Wildman–Crippen MR) is 73.6 cm³/mol. The second-order valence-electron chi connectivity index (χ2n) is 4.59. The van der Waals surface area contributed by atoms with E-state index in [1.54, 1.807) is 14.2 Å². The van der Waals surface area contributed by atoms with Gasteiger partial charge in [0.1, 0.15) is 5.75 Å². The molecular formula is C13H20BrNO2. The molecule has 0 aromatic heterocycles. The van der Waals surface area contributed by atoms with Crippen molar-refractivity contribution in [1.82, 2.24) is 5.32 Å². The first-order chi connectivity index (χ1) is 8.01. The van der Waals surface area contributed by atoms with Crippen LogP contribution < -0.4 is 10.1 Å². The molecule has 0 bridgehead atoms. The van der Waals surface area contributed by atoms with E-state index < -0.39 is 0 Å². The number of methoxy groups -OCH3 is 2. The Kier molecular flexibility index (Phi) is 5.43. The molecule has 0 aliphatic rings. The largest absolute Gasteiger partial charge is 0.496 e. The zero-order valence-corrected chi connectivity index (χ0v) is 12.4. The lowest BCUT2D eigenvalue weighted by Gasteiger charge is -2.26. The third-order valence-corrected chi connectivity index (χ3v) is 3.37. The highest BCUT2D eigenvalue weighted by Crippen LogP contribution is 2.31. The molecule has 1 rings (SSSR count). The molecule has 4 heteroatoms. The Morgan fingerprint density at radius 1 is 1.29 bits per heavy atom. The summed E-state index contributed by atoms with van der Waals surface area (Å²) in [5.74, 6) is 0.856. The van der Waals surface area contributed by atoms with Gasteiger partial charge in [0, 0.05) is 19.1 Å². The van der Waals surface area contributed by atoms with Gasteiger partial charge >= 0.3 is 0 Å². The summed E-state index contributed by atoms with van der Waals surface area (Å²) in [7, 11) is 3.36. The third-order valence-electron chi connectivity index (χ3n) is 2.75. The van der Waals surface area contributed by atoms with Crippen LogP contribution in [0.4, 0.5) is 0 Å². The van der Waals surface area contributed by atoms with Crippen molar-refractivity contribution in [2.45, 2.75) is 19.3 Å². The van der Waals surface area contributed by atoms with E-state index in [1.165, 1.54) is 5.56 Å². The smallest absolute Gasteiger partial charge is 0.133 e. The summed E-state index contributed by atoms with van der Waals surface area (Å²) in [6.07, 6.45) is 0. The van der Waals surface area contributed by atoms with E-state index >= 15 is 0 Å². The van der Waals surface area contributed by atoms with Crippen molar-refractivity contribution in [2.75, 3.05) is 27.5 Å². The SMILES string of the molecule is COCNCC(C)(C)c1ccc(OC)c(Br)c1. The minimum atomic E-state index is 0.0489. The highest BCUT2D eigenvalue weighted by Gasteiger charge is 2.21. The van der Waals surface area contributed by atoms with Crippen LogP contribution >= 0.6 is 15.9 Å². The molecule has 0 radical (unpaired) electrons. The summed E-state index contributed by atoms with van der Waals surface area (Å²) in [5.41, 5.74) is 1.31. The van der Waals surface area contributed by atoms with Gasteiger partial charge < -0.3 is 9.47 Å². The Morgan fingerprint density at radius 3 is 2.53 bits per heavy atom. The average Bonchev–Trinajstić information content (AvgIpc) is 2.29. The zero-order valence-electron chi connectivity index (χ0n) is 10.8. The summed E-state index contributed by atoms with van der Waals surface area (Å²) in [5, 5.41) is 3.25. The van der Waals surface area contributed by atoms with Crippen LogP contribution in [0.5, 0.6) is 5.75 Å². The van der Waals surface area contributed by atoms with E-state index in [9.17, 15) is 0 Å². The Labute approximate surface area is 112 Å². The maximum atomic E-state index is 5.23. The Bertz CT molecular complexity index is 366. The fourth-order valence-electron chi connectivity index (χ4n) is 1.66. The fraction of sp³-hybridized carbons (Fsp3) is 0.538. The van der Waals surface area contributed by atoms with Crippen molar-refractivity contribution in [1.29, 1.82) is 0 Å². The summed E-state index contributed by atoms with van der Waals surface area (Å²) >= 11 is 3.51. The van der Waals surface area contributed by atoms with Gasteiger partial charge in [-0.25, -0.2) is 0 Å². The fourth-order valence-corrected chi connectivity index (χ4v) is 2.20. The van der Waals surface area contributed by atoms with E-state index in [-0.39, 0.29) is 5.41 Å². The topological polar surface area (TPSA) is 30.5 Å². The maximum Gasteiger partial charge on any atom is 0.133 e. The van der Waals surface area contributed by atoms with Gasteiger partial charge in [0.15, 0.2) is 0 Å². The second-order valence-corrected chi connectivity index (χ2v) is 5.45. The molecule has 0 aliphatic heterocycles. The van der Waals surface area contributed by atoms with Gasteiger partial charge in [-0.05, 0) is 33.6 Å². The molecule has 1 N–H and O–H groups in total. The summed E-state index contributed by atoms with van der Waals surface area (Å²) < 4.78 is 11.2. The normalized spacial score (nSPS) is 11.6. The van der Waals surface area contributed by atoms with Crippen LogP contribution in [0.1, 0.15) is 19.4 Å². The molecule has 1 aromatic rings. The monoisotopic (exact) mass is 301 g/mol. The van der Waals surface area contributed by atoms with Crippen LogP contribution in [0.3, 0.4) is 0 Å². The molecule has 0 aliphatic carbocycles. The van der Waals surface area contributed by atoms with Crippen LogP contribution in [0, 0.1) is 0 Å². The zero-order chi connectivity index (χ0) is 12.9. The van der Waals surface area contributed by atoms with Crippen molar-refractivity contribution >= 4 is 15.9 Å². The van der Waals surface area contributed by atoms with Crippen molar-refractivity contribution in [3.63, 3.8) is 0 Å². The van der Waals surface area contributed by atoms with Gasteiger partial charge in [-0.2, -0.15) is 0 Å². The molecule has 0 spiro atoms. The Morgan fingerprint density at radius 2 is 2.00 bits per heavy atom. The lowest BCUT2D eigenvalue weighted by Crippen LogP contribution is -2.33. The molecule has 0 unspecified atom stereocenters. The van der Waals surface area contributed by atoms with Gasteiger partial charge in [0.2, 0.25) is 0 Å². The molecule has 3 nitrogen and oxygen atoms in total. The lowest BCUT2D eigenvalue weighted by molar-refractivity contribution is 0.169. The van der Waals surface area contributed by atoms with Crippen LogP contribution in [0.15, 0.2) is 22.7 Å². The van der Waals surface area contributed by atoms with E-state index in [0.717, 1.165) is 16.8 Å². The highest BCUT2D eigenvalue weighted by molar-refractivity contribution is 9.10. The first kappa shape index (κ1) is 14.5. The predicted octanol–water partition coefficient (Wildman–Crippen LogP) is 2.93. The molecule has 0 saturated carbocycles. The van der Waals surface area contributed by atoms with Gasteiger partial charge in [-0.3, -0.25) is 5.32 Å².